The number of hydrogen-bond donors (Lipinski definition) is 0. The van der Waals surface area contributed by atoms with Gasteiger partial charge in [0.25, 0.3) is 0 Å². The van der Waals surface area contributed by atoms with Crippen LogP contribution in [0.2, 0.25) is 0 Å². The quantitative estimate of drug-likeness (QED) is 0.800. The Balaban J connectivity index is 2.05. The Morgan fingerprint density at radius 2 is 1.94 bits per heavy atom. The van der Waals surface area contributed by atoms with Crippen molar-refractivity contribution >= 4 is 12.0 Å². The van der Waals surface area contributed by atoms with Gasteiger partial charge in [-0.05, 0) is 37.6 Å². The molecule has 0 amide bonds. The Morgan fingerprint density at radius 1 is 1.24 bits per heavy atom. The summed E-state index contributed by atoms with van der Waals surface area (Å²) < 4.78 is 10.6. The predicted molar refractivity (Wildman–Crippen MR) is 69.5 cm³/mol. The van der Waals surface area contributed by atoms with Crippen LogP contribution in [0.4, 0.5) is 0 Å². The summed E-state index contributed by atoms with van der Waals surface area (Å²) >= 11 is 0. The van der Waals surface area contributed by atoms with E-state index in [1.54, 1.807) is 7.11 Å². The van der Waals surface area contributed by atoms with Gasteiger partial charge < -0.3 is 9.47 Å². The second-order valence-electron chi connectivity index (χ2n) is 4.66. The number of ether oxygens (including phenoxy) is 2. The third-order valence-electron chi connectivity index (χ3n) is 2.52. The fourth-order valence-corrected chi connectivity index (χ4v) is 1.58. The van der Waals surface area contributed by atoms with Crippen LogP contribution in [0.1, 0.15) is 19.4 Å². The third kappa shape index (κ3) is 3.09. The normalized spacial score (nSPS) is 17.9. The molecule has 0 N–H and O–H groups in total. The summed E-state index contributed by atoms with van der Waals surface area (Å²) in [5.41, 5.74) is 1.00. The van der Waals surface area contributed by atoms with Crippen molar-refractivity contribution in [1.82, 2.24) is 0 Å². The molecule has 0 atom stereocenters. The third-order valence-corrected chi connectivity index (χ3v) is 2.52. The summed E-state index contributed by atoms with van der Waals surface area (Å²) in [5, 5.41) is 0. The van der Waals surface area contributed by atoms with E-state index in [9.17, 15) is 0 Å². The number of hydrogen-bond acceptors (Lipinski definition) is 3. The summed E-state index contributed by atoms with van der Waals surface area (Å²) in [6.07, 6.45) is 3.89. The van der Waals surface area contributed by atoms with Gasteiger partial charge in [-0.2, -0.15) is 0 Å². The van der Waals surface area contributed by atoms with Gasteiger partial charge in [0.1, 0.15) is 12.4 Å². The first-order chi connectivity index (χ1) is 8.09. The van der Waals surface area contributed by atoms with E-state index in [4.69, 9.17) is 9.47 Å². The summed E-state index contributed by atoms with van der Waals surface area (Å²) in [6, 6.07) is 7.85. The first-order valence-corrected chi connectivity index (χ1v) is 5.64. The van der Waals surface area contributed by atoms with Crippen LogP contribution in [-0.2, 0) is 4.74 Å². The fourth-order valence-electron chi connectivity index (χ4n) is 1.58. The van der Waals surface area contributed by atoms with E-state index < -0.39 is 0 Å². The van der Waals surface area contributed by atoms with Gasteiger partial charge in [0.15, 0.2) is 0 Å². The lowest BCUT2D eigenvalue weighted by Gasteiger charge is -2.07. The Morgan fingerprint density at radius 3 is 2.47 bits per heavy atom. The van der Waals surface area contributed by atoms with E-state index in [0.29, 0.717) is 12.5 Å². The summed E-state index contributed by atoms with van der Waals surface area (Å²) in [4.78, 5) is 4.45. The van der Waals surface area contributed by atoms with E-state index in [1.807, 2.05) is 36.4 Å². The lowest BCUT2D eigenvalue weighted by atomic mass is 10.1. The highest BCUT2D eigenvalue weighted by Gasteiger charge is 2.24. The van der Waals surface area contributed by atoms with Gasteiger partial charge >= 0.3 is 0 Å². The monoisotopic (exact) mass is 231 g/mol. The molecule has 0 fully saturated rings. The van der Waals surface area contributed by atoms with Crippen molar-refractivity contribution in [3.05, 3.63) is 35.9 Å². The lowest BCUT2D eigenvalue weighted by molar-refractivity contribution is 0.280. The molecule has 90 valence electrons. The molecule has 1 heterocycles. The van der Waals surface area contributed by atoms with Gasteiger partial charge in [-0.3, -0.25) is 0 Å². The Kier molecular flexibility index (Phi) is 3.18. The van der Waals surface area contributed by atoms with Crippen molar-refractivity contribution in [3.8, 4) is 5.75 Å². The molecule has 1 aliphatic heterocycles. The van der Waals surface area contributed by atoms with Crippen molar-refractivity contribution in [2.75, 3.05) is 13.7 Å². The minimum Gasteiger partial charge on any atom is -0.497 e. The van der Waals surface area contributed by atoms with Crippen LogP contribution in [0.25, 0.3) is 6.08 Å². The highest BCUT2D eigenvalue weighted by atomic mass is 16.5. The SMILES string of the molecule is COc1ccc(/C=C/C2=NC(C)(C)CO2)cc1. The van der Waals surface area contributed by atoms with Crippen LogP contribution in [0, 0.1) is 0 Å². The van der Waals surface area contributed by atoms with Gasteiger partial charge in [0.2, 0.25) is 5.90 Å². The molecule has 1 aromatic rings. The Bertz CT molecular complexity index is 444. The lowest BCUT2D eigenvalue weighted by Crippen LogP contribution is -2.17. The smallest absolute Gasteiger partial charge is 0.209 e. The number of rotatable bonds is 3. The second-order valence-corrected chi connectivity index (χ2v) is 4.66. The number of aliphatic imine (C=N–C) groups is 1. The molecule has 1 aliphatic rings. The standard InChI is InChI=1S/C14H17NO2/c1-14(2)10-17-13(15-14)9-6-11-4-7-12(16-3)8-5-11/h4-9H,10H2,1-3H3/b9-6+. The van der Waals surface area contributed by atoms with Crippen LogP contribution in [0.5, 0.6) is 5.75 Å². The topological polar surface area (TPSA) is 30.8 Å². The van der Waals surface area contributed by atoms with Crippen LogP contribution in [0.15, 0.2) is 35.3 Å². The van der Waals surface area contributed by atoms with Gasteiger partial charge in [-0.25, -0.2) is 4.99 Å². The molecule has 0 bridgehead atoms. The van der Waals surface area contributed by atoms with E-state index in [0.717, 1.165) is 11.3 Å². The molecule has 0 radical (unpaired) electrons. The zero-order chi connectivity index (χ0) is 12.3. The van der Waals surface area contributed by atoms with Crippen molar-refractivity contribution < 1.29 is 9.47 Å². The maximum Gasteiger partial charge on any atom is 0.209 e. The fraction of sp³-hybridized carbons (Fsp3) is 0.357. The summed E-state index contributed by atoms with van der Waals surface area (Å²) in [7, 11) is 1.66. The largest absolute Gasteiger partial charge is 0.497 e. The minimum absolute atomic E-state index is 0.0976. The van der Waals surface area contributed by atoms with Gasteiger partial charge in [-0.1, -0.05) is 12.1 Å². The first-order valence-electron chi connectivity index (χ1n) is 5.64. The van der Waals surface area contributed by atoms with Crippen LogP contribution >= 0.6 is 0 Å². The Hall–Kier alpha value is -1.77. The number of methoxy groups -OCH3 is 1. The average molecular weight is 231 g/mol. The number of nitrogens with zero attached hydrogens (tertiary/aromatic N) is 1. The maximum atomic E-state index is 5.47. The van der Waals surface area contributed by atoms with Crippen molar-refractivity contribution in [2.45, 2.75) is 19.4 Å². The highest BCUT2D eigenvalue weighted by molar-refractivity contribution is 5.93. The average Bonchev–Trinajstić information content (AvgIpc) is 2.67. The predicted octanol–water partition coefficient (Wildman–Crippen LogP) is 2.92. The van der Waals surface area contributed by atoms with Gasteiger partial charge in [-0.15, -0.1) is 0 Å². The molecule has 0 saturated carbocycles. The molecular weight excluding hydrogens is 214 g/mol. The maximum absolute atomic E-state index is 5.47. The molecule has 0 saturated heterocycles. The van der Waals surface area contributed by atoms with E-state index in [2.05, 4.69) is 18.8 Å². The molecule has 1 aromatic carbocycles. The van der Waals surface area contributed by atoms with Gasteiger partial charge in [0, 0.05) is 6.08 Å². The summed E-state index contributed by atoms with van der Waals surface area (Å²) in [6.45, 7) is 4.76. The van der Waals surface area contributed by atoms with Crippen molar-refractivity contribution in [1.29, 1.82) is 0 Å². The van der Waals surface area contributed by atoms with E-state index in [-0.39, 0.29) is 5.54 Å². The highest BCUT2D eigenvalue weighted by Crippen LogP contribution is 2.18. The summed E-state index contributed by atoms with van der Waals surface area (Å²) in [5.74, 6) is 1.56. The Labute approximate surface area is 102 Å². The van der Waals surface area contributed by atoms with Crippen LogP contribution in [-0.4, -0.2) is 25.2 Å². The van der Waals surface area contributed by atoms with Crippen LogP contribution in [0.3, 0.4) is 0 Å². The molecule has 17 heavy (non-hydrogen) atoms. The second kappa shape index (κ2) is 4.62. The van der Waals surface area contributed by atoms with Gasteiger partial charge in [0.05, 0.1) is 12.6 Å². The zero-order valence-electron chi connectivity index (χ0n) is 10.4. The molecule has 2 rings (SSSR count). The zero-order valence-corrected chi connectivity index (χ0v) is 10.4. The minimum atomic E-state index is -0.0976. The molecule has 0 unspecified atom stereocenters. The van der Waals surface area contributed by atoms with Crippen molar-refractivity contribution in [3.63, 3.8) is 0 Å². The molecule has 3 nitrogen and oxygen atoms in total. The van der Waals surface area contributed by atoms with E-state index in [1.165, 1.54) is 0 Å². The van der Waals surface area contributed by atoms with E-state index >= 15 is 0 Å². The molecule has 0 aromatic heterocycles. The molecule has 3 heteroatoms. The molecule has 0 aliphatic carbocycles. The van der Waals surface area contributed by atoms with Crippen molar-refractivity contribution in [2.24, 2.45) is 4.99 Å². The van der Waals surface area contributed by atoms with Crippen LogP contribution < -0.4 is 4.74 Å². The first kappa shape index (κ1) is 11.7. The molecule has 0 spiro atoms. The molecular formula is C14H17NO2. The number of benzene rings is 1.